The average molecular weight is 272 g/mol. The van der Waals surface area contributed by atoms with E-state index in [4.69, 9.17) is 22.0 Å². The molecule has 0 heterocycles. The predicted molar refractivity (Wildman–Crippen MR) is 62.2 cm³/mol. The lowest BCUT2D eigenvalue weighted by molar-refractivity contribution is 0.246. The Morgan fingerprint density at radius 2 is 2.06 bits per heavy atom. The van der Waals surface area contributed by atoms with Crippen molar-refractivity contribution in [2.45, 2.75) is 16.6 Å². The second-order valence-corrected chi connectivity index (χ2v) is 6.68. The zero-order valence-electron chi connectivity index (χ0n) is 8.80. The van der Waals surface area contributed by atoms with Crippen molar-refractivity contribution < 1.29 is 13.5 Å². The molecule has 1 aromatic rings. The lowest BCUT2D eigenvalue weighted by Crippen LogP contribution is -2.18. The van der Waals surface area contributed by atoms with E-state index in [0.717, 1.165) is 0 Å². The predicted octanol–water partition coefficient (Wildman–Crippen LogP) is 1.39. The fourth-order valence-electron chi connectivity index (χ4n) is 1.79. The van der Waals surface area contributed by atoms with Gasteiger partial charge in [0.05, 0.1) is 28.2 Å². The molecule has 1 fully saturated rings. The van der Waals surface area contributed by atoms with Crippen LogP contribution in [-0.4, -0.2) is 25.4 Å². The van der Waals surface area contributed by atoms with Gasteiger partial charge < -0.3 is 5.11 Å². The Morgan fingerprint density at radius 1 is 1.47 bits per heavy atom. The topological polar surface area (TPSA) is 78.2 Å². The van der Waals surface area contributed by atoms with Gasteiger partial charge in [0.25, 0.3) is 0 Å². The summed E-state index contributed by atoms with van der Waals surface area (Å²) < 4.78 is 24.3. The lowest BCUT2D eigenvalue weighted by Gasteiger charge is -2.06. The van der Waals surface area contributed by atoms with Crippen molar-refractivity contribution in [2.24, 2.45) is 5.41 Å². The van der Waals surface area contributed by atoms with Crippen LogP contribution in [0.2, 0.25) is 5.02 Å². The molecule has 0 saturated heterocycles. The first-order chi connectivity index (χ1) is 7.96. The number of nitriles is 1. The van der Waals surface area contributed by atoms with Crippen LogP contribution in [-0.2, 0) is 9.84 Å². The van der Waals surface area contributed by atoms with Crippen molar-refractivity contribution in [3.05, 3.63) is 29.3 Å². The summed E-state index contributed by atoms with van der Waals surface area (Å²) in [7, 11) is -3.56. The minimum atomic E-state index is -3.56. The summed E-state index contributed by atoms with van der Waals surface area (Å²) in [5.41, 5.74) is -1.13. The van der Waals surface area contributed by atoms with Crippen molar-refractivity contribution in [3.8, 4) is 6.07 Å². The van der Waals surface area contributed by atoms with Crippen LogP contribution in [0.25, 0.3) is 0 Å². The van der Waals surface area contributed by atoms with E-state index >= 15 is 0 Å². The van der Waals surface area contributed by atoms with Crippen molar-refractivity contribution in [3.63, 3.8) is 0 Å². The highest BCUT2D eigenvalue weighted by Gasteiger charge is 2.62. The van der Waals surface area contributed by atoms with E-state index in [1.54, 1.807) is 0 Å². The van der Waals surface area contributed by atoms with E-state index in [0.29, 0.717) is 5.02 Å². The Balaban J connectivity index is 2.35. The molecule has 0 bridgehead atoms. The SMILES string of the molecule is N#CC1(CO)CC1S(=O)(=O)c1ccc(Cl)cc1. The third-order valence-electron chi connectivity index (χ3n) is 3.03. The highest BCUT2D eigenvalue weighted by Crippen LogP contribution is 2.51. The van der Waals surface area contributed by atoms with Crippen LogP contribution in [0.5, 0.6) is 0 Å². The minimum absolute atomic E-state index is 0.137. The van der Waals surface area contributed by atoms with Crippen LogP contribution in [0.3, 0.4) is 0 Å². The molecule has 1 aliphatic rings. The molecule has 17 heavy (non-hydrogen) atoms. The van der Waals surface area contributed by atoms with Gasteiger partial charge in [0.2, 0.25) is 0 Å². The molecule has 90 valence electrons. The van der Waals surface area contributed by atoms with Crippen molar-refractivity contribution in [1.82, 2.24) is 0 Å². The van der Waals surface area contributed by atoms with Gasteiger partial charge in [0.1, 0.15) is 0 Å². The standard InChI is InChI=1S/C11H10ClNO3S/c12-8-1-3-9(4-2-8)17(15,16)10-5-11(10,6-13)7-14/h1-4,10,14H,5,7H2. The Labute approximate surface area is 104 Å². The maximum atomic E-state index is 12.1. The molecular weight excluding hydrogens is 262 g/mol. The molecule has 0 radical (unpaired) electrons. The average Bonchev–Trinajstić information content (AvgIpc) is 3.06. The Kier molecular flexibility index (Phi) is 2.90. The largest absolute Gasteiger partial charge is 0.395 e. The summed E-state index contributed by atoms with van der Waals surface area (Å²) in [6.45, 7) is -0.430. The van der Waals surface area contributed by atoms with E-state index in [1.165, 1.54) is 24.3 Å². The Morgan fingerprint density at radius 3 is 2.47 bits per heavy atom. The first-order valence-electron chi connectivity index (χ1n) is 4.98. The molecule has 1 saturated carbocycles. The number of sulfone groups is 1. The van der Waals surface area contributed by atoms with E-state index < -0.39 is 27.1 Å². The zero-order valence-corrected chi connectivity index (χ0v) is 10.4. The molecule has 1 aromatic carbocycles. The maximum absolute atomic E-state index is 12.1. The molecule has 0 aromatic heterocycles. The normalized spacial score (nSPS) is 27.5. The number of rotatable bonds is 3. The summed E-state index contributed by atoms with van der Waals surface area (Å²) >= 11 is 5.68. The fourth-order valence-corrected chi connectivity index (χ4v) is 3.99. The summed E-state index contributed by atoms with van der Waals surface area (Å²) in [6.07, 6.45) is 0.185. The first-order valence-corrected chi connectivity index (χ1v) is 6.90. The van der Waals surface area contributed by atoms with Crippen molar-refractivity contribution >= 4 is 21.4 Å². The Bertz CT molecular complexity index is 576. The van der Waals surface area contributed by atoms with Gasteiger partial charge in [-0.3, -0.25) is 0 Å². The lowest BCUT2D eigenvalue weighted by atomic mass is 10.2. The summed E-state index contributed by atoms with van der Waals surface area (Å²) in [5.74, 6) is 0. The van der Waals surface area contributed by atoms with Crippen LogP contribution in [0.1, 0.15) is 6.42 Å². The minimum Gasteiger partial charge on any atom is -0.395 e. The van der Waals surface area contributed by atoms with Crippen LogP contribution in [0.4, 0.5) is 0 Å². The van der Waals surface area contributed by atoms with Gasteiger partial charge in [-0.2, -0.15) is 5.26 Å². The summed E-state index contributed by atoms with van der Waals surface area (Å²) in [6, 6.07) is 7.69. The van der Waals surface area contributed by atoms with Gasteiger partial charge in [-0.05, 0) is 30.7 Å². The van der Waals surface area contributed by atoms with Gasteiger partial charge in [0.15, 0.2) is 9.84 Å². The van der Waals surface area contributed by atoms with Gasteiger partial charge >= 0.3 is 0 Å². The quantitative estimate of drug-likeness (QED) is 0.901. The van der Waals surface area contributed by atoms with Crippen LogP contribution in [0.15, 0.2) is 29.2 Å². The van der Waals surface area contributed by atoms with Crippen molar-refractivity contribution in [2.75, 3.05) is 6.61 Å². The van der Waals surface area contributed by atoms with Gasteiger partial charge in [-0.15, -0.1) is 0 Å². The molecular formula is C11H10ClNO3S. The van der Waals surface area contributed by atoms with Gasteiger partial charge in [-0.25, -0.2) is 8.42 Å². The highest BCUT2D eigenvalue weighted by atomic mass is 35.5. The van der Waals surface area contributed by atoms with E-state index in [1.807, 2.05) is 6.07 Å². The second-order valence-electron chi connectivity index (χ2n) is 4.12. The molecule has 4 nitrogen and oxygen atoms in total. The summed E-state index contributed by atoms with van der Waals surface area (Å²) in [4.78, 5) is 0.137. The maximum Gasteiger partial charge on any atom is 0.182 e. The molecule has 0 amide bonds. The van der Waals surface area contributed by atoms with E-state index in [-0.39, 0.29) is 11.3 Å². The molecule has 1 aliphatic carbocycles. The number of benzene rings is 1. The molecule has 2 atom stereocenters. The third kappa shape index (κ3) is 1.93. The van der Waals surface area contributed by atoms with E-state index in [2.05, 4.69) is 0 Å². The first kappa shape index (κ1) is 12.4. The molecule has 2 rings (SSSR count). The fraction of sp³-hybridized carbons (Fsp3) is 0.364. The monoisotopic (exact) mass is 271 g/mol. The Hall–Kier alpha value is -1.09. The molecule has 0 spiro atoms. The number of nitrogens with zero attached hydrogens (tertiary/aromatic N) is 1. The third-order valence-corrected chi connectivity index (χ3v) is 5.58. The number of aliphatic hydroxyl groups excluding tert-OH is 1. The van der Waals surface area contributed by atoms with Crippen LogP contribution in [0, 0.1) is 16.7 Å². The zero-order chi connectivity index (χ0) is 12.7. The number of aliphatic hydroxyl groups is 1. The van der Waals surface area contributed by atoms with Crippen LogP contribution < -0.4 is 0 Å². The van der Waals surface area contributed by atoms with Gasteiger partial charge in [-0.1, -0.05) is 11.6 Å². The molecule has 6 heteroatoms. The molecule has 2 unspecified atom stereocenters. The number of halogens is 1. The number of hydrogen-bond acceptors (Lipinski definition) is 4. The summed E-state index contributed by atoms with van der Waals surface area (Å²) in [5, 5.41) is 17.6. The van der Waals surface area contributed by atoms with E-state index in [9.17, 15) is 8.42 Å². The smallest absolute Gasteiger partial charge is 0.182 e. The van der Waals surface area contributed by atoms with Crippen LogP contribution >= 0.6 is 11.6 Å². The molecule has 1 N–H and O–H groups in total. The highest BCUT2D eigenvalue weighted by molar-refractivity contribution is 7.92. The second kappa shape index (κ2) is 3.98. The van der Waals surface area contributed by atoms with Gasteiger partial charge in [0, 0.05) is 5.02 Å². The number of hydrogen-bond donors (Lipinski definition) is 1. The van der Waals surface area contributed by atoms with Crippen molar-refractivity contribution in [1.29, 1.82) is 5.26 Å². The molecule has 0 aliphatic heterocycles.